The van der Waals surface area contributed by atoms with Gasteiger partial charge in [0, 0.05) is 38.3 Å². The second-order valence-corrected chi connectivity index (χ2v) is 5.03. The van der Waals surface area contributed by atoms with Crippen LogP contribution in [0.2, 0.25) is 0 Å². The summed E-state index contributed by atoms with van der Waals surface area (Å²) >= 11 is 0. The number of piperidine rings is 1. The average Bonchev–Trinajstić information content (AvgIpc) is 2.20. The molecule has 0 aromatic rings. The van der Waals surface area contributed by atoms with Crippen molar-refractivity contribution in [2.24, 2.45) is 0 Å². The molecule has 0 amide bonds. The molecule has 1 aliphatic rings. The highest BCUT2D eigenvalue weighted by atomic mass is 19.1. The van der Waals surface area contributed by atoms with Crippen LogP contribution >= 0.6 is 0 Å². The van der Waals surface area contributed by atoms with Crippen LogP contribution < -0.4 is 5.32 Å². The fourth-order valence-corrected chi connectivity index (χ4v) is 2.29. The fourth-order valence-electron chi connectivity index (χ4n) is 2.29. The van der Waals surface area contributed by atoms with Crippen molar-refractivity contribution in [2.45, 2.75) is 51.5 Å². The summed E-state index contributed by atoms with van der Waals surface area (Å²) in [7, 11) is 1.69. The SMILES string of the molecule is COCC(C)N1CCC(NC(C)C)C(F)C1. The van der Waals surface area contributed by atoms with Crippen LogP contribution in [-0.2, 0) is 4.74 Å². The third-order valence-corrected chi connectivity index (χ3v) is 3.15. The lowest BCUT2D eigenvalue weighted by Gasteiger charge is -2.38. The molecule has 0 aromatic heterocycles. The zero-order valence-electron chi connectivity index (χ0n) is 10.9. The lowest BCUT2D eigenvalue weighted by Crippen LogP contribution is -2.55. The summed E-state index contributed by atoms with van der Waals surface area (Å²) in [6.45, 7) is 8.37. The molecule has 1 N–H and O–H groups in total. The second kappa shape index (κ2) is 6.52. The first kappa shape index (κ1) is 13.9. The number of nitrogens with one attached hydrogen (secondary N) is 1. The number of ether oxygens (including phenoxy) is 1. The lowest BCUT2D eigenvalue weighted by molar-refractivity contribution is 0.0402. The second-order valence-electron chi connectivity index (χ2n) is 5.03. The van der Waals surface area contributed by atoms with Gasteiger partial charge in [0.25, 0.3) is 0 Å². The molecule has 96 valence electrons. The number of likely N-dealkylation sites (tertiary alicyclic amines) is 1. The minimum absolute atomic E-state index is 0.0194. The first-order valence-corrected chi connectivity index (χ1v) is 6.17. The molecule has 1 fully saturated rings. The van der Waals surface area contributed by atoms with E-state index >= 15 is 0 Å². The summed E-state index contributed by atoms with van der Waals surface area (Å²) in [5, 5.41) is 3.29. The van der Waals surface area contributed by atoms with Crippen molar-refractivity contribution < 1.29 is 9.13 Å². The largest absolute Gasteiger partial charge is 0.383 e. The van der Waals surface area contributed by atoms with E-state index in [2.05, 4.69) is 31.0 Å². The third-order valence-electron chi connectivity index (χ3n) is 3.15. The van der Waals surface area contributed by atoms with Crippen LogP contribution in [0.4, 0.5) is 4.39 Å². The van der Waals surface area contributed by atoms with Crippen molar-refractivity contribution in [3.8, 4) is 0 Å². The Morgan fingerprint density at radius 2 is 2.12 bits per heavy atom. The summed E-state index contributed by atoms with van der Waals surface area (Å²) in [6.07, 6.45) is 0.114. The zero-order chi connectivity index (χ0) is 12.1. The smallest absolute Gasteiger partial charge is 0.128 e. The van der Waals surface area contributed by atoms with Crippen molar-refractivity contribution >= 4 is 0 Å². The van der Waals surface area contributed by atoms with E-state index in [1.165, 1.54) is 0 Å². The summed E-state index contributed by atoms with van der Waals surface area (Å²) in [6, 6.07) is 0.681. The van der Waals surface area contributed by atoms with Gasteiger partial charge in [-0.05, 0) is 13.3 Å². The predicted molar refractivity (Wildman–Crippen MR) is 64.5 cm³/mol. The Kier molecular flexibility index (Phi) is 5.66. The van der Waals surface area contributed by atoms with E-state index in [1.807, 2.05) is 0 Å². The van der Waals surface area contributed by atoms with E-state index in [0.29, 0.717) is 25.2 Å². The van der Waals surface area contributed by atoms with Gasteiger partial charge in [-0.2, -0.15) is 0 Å². The van der Waals surface area contributed by atoms with Gasteiger partial charge in [-0.3, -0.25) is 4.90 Å². The molecule has 0 spiro atoms. The van der Waals surface area contributed by atoms with Crippen LogP contribution in [0.15, 0.2) is 0 Å². The molecule has 0 bridgehead atoms. The van der Waals surface area contributed by atoms with Gasteiger partial charge in [0.2, 0.25) is 0 Å². The first-order chi connectivity index (χ1) is 7.54. The summed E-state index contributed by atoms with van der Waals surface area (Å²) in [5.41, 5.74) is 0. The molecule has 1 heterocycles. The highest BCUT2D eigenvalue weighted by molar-refractivity contribution is 4.87. The van der Waals surface area contributed by atoms with Crippen LogP contribution in [-0.4, -0.2) is 56.0 Å². The minimum Gasteiger partial charge on any atom is -0.383 e. The predicted octanol–water partition coefficient (Wildman–Crippen LogP) is 1.43. The van der Waals surface area contributed by atoms with Gasteiger partial charge in [-0.1, -0.05) is 13.8 Å². The molecular formula is C12H25FN2O. The molecule has 0 aliphatic carbocycles. The van der Waals surface area contributed by atoms with E-state index in [1.54, 1.807) is 7.11 Å². The van der Waals surface area contributed by atoms with Crippen LogP contribution in [0.3, 0.4) is 0 Å². The molecule has 0 saturated carbocycles. The Hall–Kier alpha value is -0.190. The van der Waals surface area contributed by atoms with Crippen LogP contribution in [0, 0.1) is 0 Å². The van der Waals surface area contributed by atoms with E-state index in [9.17, 15) is 4.39 Å². The maximum atomic E-state index is 13.9. The molecule has 0 aromatic carbocycles. The van der Waals surface area contributed by atoms with Gasteiger partial charge in [0.15, 0.2) is 0 Å². The van der Waals surface area contributed by atoms with E-state index in [4.69, 9.17) is 4.74 Å². The number of alkyl halides is 1. The summed E-state index contributed by atoms with van der Waals surface area (Å²) in [5.74, 6) is 0. The molecular weight excluding hydrogens is 207 g/mol. The number of halogens is 1. The molecule has 16 heavy (non-hydrogen) atoms. The van der Waals surface area contributed by atoms with Crippen molar-refractivity contribution in [1.82, 2.24) is 10.2 Å². The van der Waals surface area contributed by atoms with Crippen molar-refractivity contribution in [1.29, 1.82) is 0 Å². The molecule has 4 heteroatoms. The van der Waals surface area contributed by atoms with Gasteiger partial charge in [-0.25, -0.2) is 4.39 Å². The topological polar surface area (TPSA) is 24.5 Å². The number of rotatable bonds is 5. The lowest BCUT2D eigenvalue weighted by atomic mass is 10.0. The first-order valence-electron chi connectivity index (χ1n) is 6.17. The van der Waals surface area contributed by atoms with Crippen molar-refractivity contribution in [3.63, 3.8) is 0 Å². The molecule has 1 aliphatic heterocycles. The Morgan fingerprint density at radius 3 is 2.62 bits per heavy atom. The maximum Gasteiger partial charge on any atom is 0.128 e. The molecule has 3 unspecified atom stereocenters. The number of hydrogen-bond acceptors (Lipinski definition) is 3. The molecule has 3 atom stereocenters. The quantitative estimate of drug-likeness (QED) is 0.776. The molecule has 1 saturated heterocycles. The Labute approximate surface area is 98.3 Å². The summed E-state index contributed by atoms with van der Waals surface area (Å²) in [4.78, 5) is 2.17. The Balaban J connectivity index is 2.38. The van der Waals surface area contributed by atoms with Crippen LogP contribution in [0.5, 0.6) is 0 Å². The van der Waals surface area contributed by atoms with Crippen LogP contribution in [0.1, 0.15) is 27.2 Å². The summed E-state index contributed by atoms with van der Waals surface area (Å²) < 4.78 is 19.0. The van der Waals surface area contributed by atoms with E-state index in [-0.39, 0.29) is 6.04 Å². The molecule has 0 radical (unpaired) electrons. The molecule has 3 nitrogen and oxygen atoms in total. The zero-order valence-corrected chi connectivity index (χ0v) is 10.9. The van der Waals surface area contributed by atoms with Gasteiger partial charge >= 0.3 is 0 Å². The third kappa shape index (κ3) is 4.00. The Morgan fingerprint density at radius 1 is 1.44 bits per heavy atom. The van der Waals surface area contributed by atoms with Gasteiger partial charge in [-0.15, -0.1) is 0 Å². The van der Waals surface area contributed by atoms with Gasteiger partial charge < -0.3 is 10.1 Å². The highest BCUT2D eigenvalue weighted by Crippen LogP contribution is 2.17. The molecule has 1 rings (SSSR count). The van der Waals surface area contributed by atoms with Crippen molar-refractivity contribution in [2.75, 3.05) is 26.8 Å². The minimum atomic E-state index is -0.768. The fraction of sp³-hybridized carbons (Fsp3) is 1.00. The van der Waals surface area contributed by atoms with Crippen LogP contribution in [0.25, 0.3) is 0 Å². The standard InChI is InChI=1S/C12H25FN2O/c1-9(2)14-12-5-6-15(7-11(12)13)10(3)8-16-4/h9-12,14H,5-8H2,1-4H3. The van der Waals surface area contributed by atoms with Gasteiger partial charge in [0.1, 0.15) is 6.17 Å². The number of nitrogens with zero attached hydrogens (tertiary/aromatic N) is 1. The monoisotopic (exact) mass is 232 g/mol. The van der Waals surface area contributed by atoms with Crippen molar-refractivity contribution in [3.05, 3.63) is 0 Å². The highest BCUT2D eigenvalue weighted by Gasteiger charge is 2.31. The average molecular weight is 232 g/mol. The number of hydrogen-bond donors (Lipinski definition) is 1. The van der Waals surface area contributed by atoms with E-state index in [0.717, 1.165) is 13.0 Å². The Bertz CT molecular complexity index is 201. The van der Waals surface area contributed by atoms with E-state index < -0.39 is 6.17 Å². The maximum absolute atomic E-state index is 13.9. The number of methoxy groups -OCH3 is 1. The normalized spacial score (nSPS) is 29.6. The van der Waals surface area contributed by atoms with Gasteiger partial charge in [0.05, 0.1) is 6.61 Å².